The SMILES string of the molecule is Cn1ncc(C(=O)N2CCCC3CCCCC32)c1-c1ccc(F)c(Cl)c1. The standard InChI is InChI=1S/C20H23ClFN3O/c1-24-19(14-8-9-17(22)16(21)11-14)15(12-23-24)20(26)25-10-4-6-13-5-2-3-7-18(13)25/h8-9,11-13,18H,2-7,10H2,1H3. The predicted molar refractivity (Wildman–Crippen MR) is 99.6 cm³/mol. The molecule has 4 nitrogen and oxygen atoms in total. The molecule has 26 heavy (non-hydrogen) atoms. The van der Waals surface area contributed by atoms with E-state index >= 15 is 0 Å². The number of piperidine rings is 1. The van der Waals surface area contributed by atoms with Gasteiger partial charge in [-0.2, -0.15) is 5.10 Å². The van der Waals surface area contributed by atoms with Crippen molar-refractivity contribution in [1.82, 2.24) is 14.7 Å². The van der Waals surface area contributed by atoms with Crippen molar-refractivity contribution in [2.24, 2.45) is 13.0 Å². The van der Waals surface area contributed by atoms with Crippen molar-refractivity contribution in [2.45, 2.75) is 44.6 Å². The highest BCUT2D eigenvalue weighted by molar-refractivity contribution is 6.31. The van der Waals surface area contributed by atoms with Crippen LogP contribution in [0.1, 0.15) is 48.9 Å². The average Bonchev–Trinajstić information content (AvgIpc) is 3.04. The Morgan fingerprint density at radius 1 is 1.23 bits per heavy atom. The molecule has 4 rings (SSSR count). The minimum absolute atomic E-state index is 0.0325. The van der Waals surface area contributed by atoms with Crippen LogP contribution >= 0.6 is 11.6 Å². The molecular weight excluding hydrogens is 353 g/mol. The molecule has 1 aliphatic carbocycles. The highest BCUT2D eigenvalue weighted by atomic mass is 35.5. The molecule has 2 heterocycles. The fourth-order valence-electron chi connectivity index (χ4n) is 4.61. The van der Waals surface area contributed by atoms with Crippen LogP contribution in [0.25, 0.3) is 11.3 Å². The van der Waals surface area contributed by atoms with Crippen molar-refractivity contribution >= 4 is 17.5 Å². The number of aromatic nitrogens is 2. The second kappa shape index (κ2) is 7.03. The minimum atomic E-state index is -0.466. The summed E-state index contributed by atoms with van der Waals surface area (Å²) in [5, 5.41) is 4.35. The average molecular weight is 376 g/mol. The van der Waals surface area contributed by atoms with Gasteiger partial charge in [-0.3, -0.25) is 9.48 Å². The summed E-state index contributed by atoms with van der Waals surface area (Å²) in [4.78, 5) is 15.4. The maximum atomic E-state index is 13.5. The molecule has 0 radical (unpaired) electrons. The first kappa shape index (κ1) is 17.5. The molecule has 1 saturated carbocycles. The molecule has 1 aromatic carbocycles. The highest BCUT2D eigenvalue weighted by Gasteiger charge is 2.37. The second-order valence-corrected chi connectivity index (χ2v) is 7.82. The zero-order chi connectivity index (χ0) is 18.3. The second-order valence-electron chi connectivity index (χ2n) is 7.41. The summed E-state index contributed by atoms with van der Waals surface area (Å²) in [5.41, 5.74) is 1.97. The number of hydrogen-bond acceptors (Lipinski definition) is 2. The zero-order valence-electron chi connectivity index (χ0n) is 14.9. The van der Waals surface area contributed by atoms with E-state index in [0.717, 1.165) is 19.4 Å². The van der Waals surface area contributed by atoms with Crippen LogP contribution in [0.2, 0.25) is 5.02 Å². The first-order valence-electron chi connectivity index (χ1n) is 9.34. The molecule has 2 aliphatic rings. The van der Waals surface area contributed by atoms with Gasteiger partial charge in [0.15, 0.2) is 0 Å². The maximum absolute atomic E-state index is 13.5. The molecule has 1 aromatic heterocycles. The molecule has 2 fully saturated rings. The lowest BCUT2D eigenvalue weighted by Crippen LogP contribution is -2.49. The number of carbonyl (C=O) groups is 1. The highest BCUT2D eigenvalue weighted by Crippen LogP contribution is 2.37. The Hall–Kier alpha value is -1.88. The van der Waals surface area contributed by atoms with Gasteiger partial charge in [0, 0.05) is 25.2 Å². The van der Waals surface area contributed by atoms with Crippen LogP contribution in [0.5, 0.6) is 0 Å². The first-order valence-corrected chi connectivity index (χ1v) is 9.72. The molecule has 0 bridgehead atoms. The number of benzene rings is 1. The van der Waals surface area contributed by atoms with Gasteiger partial charge in [-0.25, -0.2) is 4.39 Å². The van der Waals surface area contributed by atoms with Crippen LogP contribution in [-0.2, 0) is 7.05 Å². The van der Waals surface area contributed by atoms with Crippen molar-refractivity contribution in [1.29, 1.82) is 0 Å². The molecule has 1 amide bonds. The van der Waals surface area contributed by atoms with E-state index in [1.807, 2.05) is 0 Å². The van der Waals surface area contributed by atoms with E-state index in [9.17, 15) is 9.18 Å². The third-order valence-electron chi connectivity index (χ3n) is 5.87. The van der Waals surface area contributed by atoms with Crippen LogP contribution in [0, 0.1) is 11.7 Å². The van der Waals surface area contributed by atoms with Crippen LogP contribution in [-0.4, -0.2) is 33.2 Å². The summed E-state index contributed by atoms with van der Waals surface area (Å²) in [5.74, 6) is 0.193. The summed E-state index contributed by atoms with van der Waals surface area (Å²) in [7, 11) is 1.79. The normalized spacial score (nSPS) is 23.0. The van der Waals surface area contributed by atoms with E-state index < -0.39 is 5.82 Å². The summed E-state index contributed by atoms with van der Waals surface area (Å²) >= 11 is 5.95. The Balaban J connectivity index is 1.69. The lowest BCUT2D eigenvalue weighted by atomic mass is 9.78. The number of carbonyl (C=O) groups excluding carboxylic acids is 1. The van der Waals surface area contributed by atoms with Crippen LogP contribution < -0.4 is 0 Å². The van der Waals surface area contributed by atoms with E-state index in [0.29, 0.717) is 28.8 Å². The molecule has 138 valence electrons. The van der Waals surface area contributed by atoms with Gasteiger partial charge in [0.05, 0.1) is 22.5 Å². The number of nitrogens with zero attached hydrogens (tertiary/aromatic N) is 3. The van der Waals surface area contributed by atoms with Crippen molar-refractivity contribution in [3.8, 4) is 11.3 Å². The Morgan fingerprint density at radius 3 is 2.81 bits per heavy atom. The van der Waals surface area contributed by atoms with Gasteiger partial charge < -0.3 is 4.90 Å². The van der Waals surface area contributed by atoms with Crippen molar-refractivity contribution in [3.63, 3.8) is 0 Å². The van der Waals surface area contributed by atoms with E-state index in [2.05, 4.69) is 10.00 Å². The summed E-state index contributed by atoms with van der Waals surface area (Å²) < 4.78 is 15.2. The number of rotatable bonds is 2. The first-order chi connectivity index (χ1) is 12.6. The van der Waals surface area contributed by atoms with Crippen LogP contribution in [0.4, 0.5) is 4.39 Å². The molecule has 2 aromatic rings. The van der Waals surface area contributed by atoms with E-state index in [4.69, 9.17) is 11.6 Å². The molecule has 2 atom stereocenters. The minimum Gasteiger partial charge on any atom is -0.335 e. The van der Waals surface area contributed by atoms with E-state index in [-0.39, 0.29) is 10.9 Å². The lowest BCUT2D eigenvalue weighted by Gasteiger charge is -2.44. The lowest BCUT2D eigenvalue weighted by molar-refractivity contribution is 0.0391. The van der Waals surface area contributed by atoms with Crippen LogP contribution in [0.15, 0.2) is 24.4 Å². The molecule has 1 saturated heterocycles. The largest absolute Gasteiger partial charge is 0.335 e. The van der Waals surface area contributed by atoms with Gasteiger partial charge in [0.25, 0.3) is 5.91 Å². The van der Waals surface area contributed by atoms with Gasteiger partial charge in [0.2, 0.25) is 0 Å². The summed E-state index contributed by atoms with van der Waals surface area (Å²) in [6.45, 7) is 0.804. The van der Waals surface area contributed by atoms with Crippen molar-refractivity contribution in [3.05, 3.63) is 40.8 Å². The predicted octanol–water partition coefficient (Wildman–Crippen LogP) is 4.67. The topological polar surface area (TPSA) is 38.1 Å². The number of likely N-dealkylation sites (tertiary alicyclic amines) is 1. The third-order valence-corrected chi connectivity index (χ3v) is 6.16. The number of amides is 1. The van der Waals surface area contributed by atoms with Crippen molar-refractivity contribution in [2.75, 3.05) is 6.54 Å². The smallest absolute Gasteiger partial charge is 0.257 e. The summed E-state index contributed by atoms with van der Waals surface area (Å²) in [6, 6.07) is 4.88. The quantitative estimate of drug-likeness (QED) is 0.764. The third kappa shape index (κ3) is 3.02. The Bertz CT molecular complexity index is 832. The Labute approximate surface area is 157 Å². The fourth-order valence-corrected chi connectivity index (χ4v) is 4.79. The van der Waals surface area contributed by atoms with Gasteiger partial charge in [-0.15, -0.1) is 0 Å². The fraction of sp³-hybridized carbons (Fsp3) is 0.500. The summed E-state index contributed by atoms with van der Waals surface area (Å²) in [6.07, 6.45) is 8.69. The molecular formula is C20H23ClFN3O. The molecule has 1 aliphatic heterocycles. The molecule has 0 spiro atoms. The number of fused-ring (bicyclic) bond motifs is 1. The van der Waals surface area contributed by atoms with Crippen molar-refractivity contribution < 1.29 is 9.18 Å². The van der Waals surface area contributed by atoms with Gasteiger partial charge >= 0.3 is 0 Å². The Morgan fingerprint density at radius 2 is 2.00 bits per heavy atom. The monoisotopic (exact) mass is 375 g/mol. The van der Waals surface area contributed by atoms with Gasteiger partial charge in [-0.05, 0) is 49.8 Å². The number of hydrogen-bond donors (Lipinski definition) is 0. The molecule has 0 N–H and O–H groups in total. The Kier molecular flexibility index (Phi) is 4.74. The van der Waals surface area contributed by atoms with Gasteiger partial charge in [-0.1, -0.05) is 24.4 Å². The number of aryl methyl sites for hydroxylation is 1. The number of halogens is 2. The zero-order valence-corrected chi connectivity index (χ0v) is 15.7. The van der Waals surface area contributed by atoms with Crippen LogP contribution in [0.3, 0.4) is 0 Å². The van der Waals surface area contributed by atoms with Gasteiger partial charge in [0.1, 0.15) is 5.82 Å². The maximum Gasteiger partial charge on any atom is 0.257 e. The van der Waals surface area contributed by atoms with E-state index in [1.165, 1.54) is 31.7 Å². The molecule has 2 unspecified atom stereocenters. The van der Waals surface area contributed by atoms with E-state index in [1.54, 1.807) is 30.1 Å². The molecule has 6 heteroatoms.